The lowest BCUT2D eigenvalue weighted by molar-refractivity contribution is 0.186. The van der Waals surface area contributed by atoms with E-state index in [-0.39, 0.29) is 6.03 Å². The third-order valence-corrected chi connectivity index (χ3v) is 5.94. The molecule has 0 bridgehead atoms. The number of nitrogens with zero attached hydrogens (tertiary/aromatic N) is 5. The van der Waals surface area contributed by atoms with Crippen molar-refractivity contribution in [2.75, 3.05) is 21.3 Å². The highest BCUT2D eigenvalue weighted by Crippen LogP contribution is 2.46. The zero-order valence-electron chi connectivity index (χ0n) is 17.9. The van der Waals surface area contributed by atoms with Gasteiger partial charge in [0.15, 0.2) is 17.2 Å². The molecule has 2 aromatic carbocycles. The van der Waals surface area contributed by atoms with Crippen LogP contribution in [0.5, 0.6) is 11.5 Å². The number of rotatable bonds is 5. The minimum Gasteiger partial charge on any atom is -0.497 e. The van der Waals surface area contributed by atoms with Crippen molar-refractivity contribution < 1.29 is 14.3 Å². The van der Waals surface area contributed by atoms with E-state index in [1.165, 1.54) is 6.34 Å². The summed E-state index contributed by atoms with van der Waals surface area (Å²) in [4.78, 5) is 33.6. The molecule has 0 radical (unpaired) electrons. The standard InChI is InChI=1S/C23H22N6O3/c1-28-22(30)29(12-15-4-8-17(31-2)9-5-15)21-23(28,16-6-10-18(32-3)11-7-16)19-20(25-13-24-19)26-14-27-21/h4-11,13-14H,12H2,1-3H3,(H,24,25). The first-order chi connectivity index (χ1) is 15.6. The number of carbonyl (C=O) groups excluding carboxylic acids is 1. The molecule has 2 aliphatic heterocycles. The summed E-state index contributed by atoms with van der Waals surface area (Å²) in [5, 5.41) is 0. The van der Waals surface area contributed by atoms with Crippen molar-refractivity contribution in [1.29, 1.82) is 0 Å². The summed E-state index contributed by atoms with van der Waals surface area (Å²) in [6.07, 6.45) is 3.05. The number of ether oxygens (including phenoxy) is 2. The summed E-state index contributed by atoms with van der Waals surface area (Å²) in [5.74, 6) is 2.58. The third-order valence-electron chi connectivity index (χ3n) is 5.94. The summed E-state index contributed by atoms with van der Waals surface area (Å²) >= 11 is 0. The lowest BCUT2D eigenvalue weighted by atomic mass is 9.84. The van der Waals surface area contributed by atoms with E-state index < -0.39 is 5.54 Å². The molecule has 1 saturated heterocycles. The molecule has 5 rings (SSSR count). The molecule has 3 heterocycles. The molecule has 2 amide bonds. The van der Waals surface area contributed by atoms with Crippen molar-refractivity contribution in [3.63, 3.8) is 0 Å². The van der Waals surface area contributed by atoms with Crippen LogP contribution in [0.15, 0.2) is 64.8 Å². The molecule has 1 unspecified atom stereocenters. The zero-order chi connectivity index (χ0) is 22.3. The molecular formula is C23H22N6O3. The van der Waals surface area contributed by atoms with E-state index in [2.05, 4.69) is 20.0 Å². The average Bonchev–Trinajstić information content (AvgIpc) is 3.32. The number of benzene rings is 2. The van der Waals surface area contributed by atoms with Crippen molar-refractivity contribution in [1.82, 2.24) is 19.8 Å². The Kier molecular flexibility index (Phi) is 4.66. The van der Waals surface area contributed by atoms with E-state index in [0.29, 0.717) is 23.9 Å². The van der Waals surface area contributed by atoms with Gasteiger partial charge in [0.05, 0.1) is 27.1 Å². The second-order valence-electron chi connectivity index (χ2n) is 7.51. The monoisotopic (exact) mass is 430 g/mol. The molecule has 3 aromatic rings. The van der Waals surface area contributed by atoms with Crippen LogP contribution in [0.2, 0.25) is 0 Å². The highest BCUT2D eigenvalue weighted by Gasteiger charge is 2.58. The lowest BCUT2D eigenvalue weighted by Crippen LogP contribution is -2.46. The Balaban J connectivity index is 1.66. The van der Waals surface area contributed by atoms with Gasteiger partial charge < -0.3 is 19.4 Å². The number of nitrogens with one attached hydrogen (secondary N) is 1. The van der Waals surface area contributed by atoms with E-state index >= 15 is 0 Å². The van der Waals surface area contributed by atoms with Crippen LogP contribution < -0.4 is 9.47 Å². The first kappa shape index (κ1) is 19.8. The van der Waals surface area contributed by atoms with Crippen LogP contribution >= 0.6 is 0 Å². The Morgan fingerprint density at radius 2 is 1.66 bits per heavy atom. The van der Waals surface area contributed by atoms with Gasteiger partial charge in [-0.1, -0.05) is 24.3 Å². The van der Waals surface area contributed by atoms with Crippen molar-refractivity contribution in [2.45, 2.75) is 12.1 Å². The van der Waals surface area contributed by atoms with Gasteiger partial charge in [-0.2, -0.15) is 0 Å². The first-order valence-corrected chi connectivity index (χ1v) is 10.1. The number of aromatic nitrogens is 2. The normalized spacial score (nSPS) is 19.3. The van der Waals surface area contributed by atoms with Crippen LogP contribution in [0.4, 0.5) is 10.6 Å². The number of imidazole rings is 1. The number of hydrogen-bond donors (Lipinski definition) is 1. The zero-order valence-corrected chi connectivity index (χ0v) is 17.9. The summed E-state index contributed by atoms with van der Waals surface area (Å²) < 4.78 is 10.6. The van der Waals surface area contributed by atoms with Crippen LogP contribution in [0.1, 0.15) is 16.8 Å². The van der Waals surface area contributed by atoms with E-state index in [1.54, 1.807) is 37.4 Å². The first-order valence-electron chi connectivity index (χ1n) is 10.1. The second kappa shape index (κ2) is 7.52. The van der Waals surface area contributed by atoms with Crippen molar-refractivity contribution in [2.24, 2.45) is 9.98 Å². The van der Waals surface area contributed by atoms with E-state index in [4.69, 9.17) is 9.47 Å². The number of aliphatic imine (C=N–C) groups is 2. The highest BCUT2D eigenvalue weighted by molar-refractivity contribution is 6.14. The number of urea groups is 1. The number of H-pyrrole nitrogens is 1. The van der Waals surface area contributed by atoms with Gasteiger partial charge in [-0.25, -0.2) is 19.8 Å². The van der Waals surface area contributed by atoms with Gasteiger partial charge >= 0.3 is 6.03 Å². The summed E-state index contributed by atoms with van der Waals surface area (Å²) in [5.41, 5.74) is 1.36. The largest absolute Gasteiger partial charge is 0.497 e. The highest BCUT2D eigenvalue weighted by atomic mass is 16.5. The van der Waals surface area contributed by atoms with Gasteiger partial charge in [0.25, 0.3) is 0 Å². The fraction of sp³-hybridized carbons (Fsp3) is 0.217. The van der Waals surface area contributed by atoms with Crippen LogP contribution in [0.3, 0.4) is 0 Å². The number of likely N-dealkylation sites (N-methyl/N-ethyl adjacent to an activating group) is 1. The Morgan fingerprint density at radius 1 is 1.00 bits per heavy atom. The molecule has 1 aromatic heterocycles. The molecule has 1 atom stereocenters. The van der Waals surface area contributed by atoms with Gasteiger partial charge in [0.1, 0.15) is 23.5 Å². The summed E-state index contributed by atoms with van der Waals surface area (Å²) in [6.45, 7) is 0.345. The van der Waals surface area contributed by atoms with Crippen molar-refractivity contribution >= 4 is 24.0 Å². The molecule has 1 N–H and O–H groups in total. The van der Waals surface area contributed by atoms with Gasteiger partial charge in [-0.15, -0.1) is 0 Å². The molecule has 0 aliphatic carbocycles. The predicted molar refractivity (Wildman–Crippen MR) is 120 cm³/mol. The number of hydrogen-bond acceptors (Lipinski definition) is 6. The van der Waals surface area contributed by atoms with Gasteiger partial charge in [0.2, 0.25) is 0 Å². The Labute approximate surface area is 185 Å². The van der Waals surface area contributed by atoms with E-state index in [1.807, 2.05) is 48.5 Å². The predicted octanol–water partition coefficient (Wildman–Crippen LogP) is 3.31. The molecule has 1 fully saturated rings. The van der Waals surface area contributed by atoms with Crippen molar-refractivity contribution in [3.8, 4) is 11.5 Å². The third kappa shape index (κ3) is 2.78. The molecule has 9 nitrogen and oxygen atoms in total. The SMILES string of the molecule is COc1ccc(CN2C(=O)N(C)C3(c4ccc(OC)cc4)C2=NC=Nc2[nH]cnc23)cc1. The summed E-state index contributed by atoms with van der Waals surface area (Å²) in [7, 11) is 5.01. The molecule has 0 saturated carbocycles. The quantitative estimate of drug-likeness (QED) is 0.672. The number of methoxy groups -OCH3 is 2. The van der Waals surface area contributed by atoms with E-state index in [9.17, 15) is 4.79 Å². The number of amides is 2. The number of carbonyl (C=O) groups is 1. The van der Waals surface area contributed by atoms with Gasteiger partial charge in [0, 0.05) is 7.05 Å². The van der Waals surface area contributed by atoms with Crippen LogP contribution in [0, 0.1) is 0 Å². The summed E-state index contributed by atoms with van der Waals surface area (Å²) in [6, 6.07) is 15.0. The maximum Gasteiger partial charge on any atom is 0.326 e. The lowest BCUT2D eigenvalue weighted by Gasteiger charge is -2.33. The maximum atomic E-state index is 13.6. The average molecular weight is 430 g/mol. The molecule has 2 aliphatic rings. The second-order valence-corrected chi connectivity index (χ2v) is 7.51. The topological polar surface area (TPSA) is 95.4 Å². The minimum atomic E-state index is -1.04. The van der Waals surface area contributed by atoms with Crippen LogP contribution in [0.25, 0.3) is 0 Å². The fourth-order valence-corrected chi connectivity index (χ4v) is 4.33. The molecule has 9 heteroatoms. The van der Waals surface area contributed by atoms with Gasteiger partial charge in [-0.3, -0.25) is 4.90 Å². The molecule has 32 heavy (non-hydrogen) atoms. The molecule has 162 valence electrons. The number of fused-ring (bicyclic) bond motifs is 3. The number of aromatic amines is 1. The fourth-order valence-electron chi connectivity index (χ4n) is 4.33. The Bertz CT molecular complexity index is 1220. The van der Waals surface area contributed by atoms with Gasteiger partial charge in [-0.05, 0) is 35.4 Å². The van der Waals surface area contributed by atoms with Crippen LogP contribution in [-0.4, -0.2) is 59.2 Å². The number of amidine groups is 1. The Hall–Kier alpha value is -4.14. The van der Waals surface area contributed by atoms with Crippen molar-refractivity contribution in [3.05, 3.63) is 71.7 Å². The Morgan fingerprint density at radius 3 is 2.31 bits per heavy atom. The smallest absolute Gasteiger partial charge is 0.326 e. The maximum absolute atomic E-state index is 13.6. The molecule has 0 spiro atoms. The molecular weight excluding hydrogens is 408 g/mol. The minimum absolute atomic E-state index is 0.181. The van der Waals surface area contributed by atoms with E-state index in [0.717, 1.165) is 22.6 Å². The van der Waals surface area contributed by atoms with Crippen LogP contribution in [-0.2, 0) is 12.1 Å².